The molecule has 2 rings (SSSR count). The molecule has 1 N–H and O–H groups in total. The third-order valence-electron chi connectivity index (χ3n) is 2.21. The van der Waals surface area contributed by atoms with Crippen LogP contribution in [0.3, 0.4) is 0 Å². The fourth-order valence-electron chi connectivity index (χ4n) is 1.49. The van der Waals surface area contributed by atoms with Gasteiger partial charge in [-0.2, -0.15) is 5.10 Å². The monoisotopic (exact) mass is 203 g/mol. The van der Waals surface area contributed by atoms with Crippen molar-refractivity contribution in [2.45, 2.75) is 0 Å². The third kappa shape index (κ3) is 1.66. The van der Waals surface area contributed by atoms with Gasteiger partial charge in [0.2, 0.25) is 0 Å². The summed E-state index contributed by atoms with van der Waals surface area (Å²) in [6, 6.07) is 9.68. The average Bonchev–Trinajstić information content (AvgIpc) is 2.76. The van der Waals surface area contributed by atoms with Crippen LogP contribution in [-0.4, -0.2) is 23.9 Å². The minimum Gasteiger partial charge on any atom is -0.494 e. The van der Waals surface area contributed by atoms with Gasteiger partial charge in [-0.15, -0.1) is 0 Å². The lowest BCUT2D eigenvalue weighted by Gasteiger charge is -2.10. The highest BCUT2D eigenvalue weighted by Gasteiger charge is 2.07. The summed E-state index contributed by atoms with van der Waals surface area (Å²) in [4.78, 5) is 0. The molecule has 0 amide bonds. The molecule has 0 aliphatic heterocycles. The van der Waals surface area contributed by atoms with Gasteiger partial charge in [-0.25, -0.2) is 4.68 Å². The summed E-state index contributed by atoms with van der Waals surface area (Å²) in [5, 5.41) is 7.31. The summed E-state index contributed by atoms with van der Waals surface area (Å²) in [6.45, 7) is 0. The Balaban J connectivity index is 2.53. The average molecular weight is 203 g/mol. The van der Waals surface area contributed by atoms with E-state index in [2.05, 4.69) is 10.4 Å². The predicted octanol–water partition coefficient (Wildman–Crippen LogP) is 1.92. The van der Waals surface area contributed by atoms with E-state index in [1.54, 1.807) is 18.0 Å². The molecular formula is C11H13N3O. The lowest BCUT2D eigenvalue weighted by molar-refractivity contribution is 0.412. The molecule has 78 valence electrons. The zero-order valence-corrected chi connectivity index (χ0v) is 8.77. The highest BCUT2D eigenvalue weighted by Crippen LogP contribution is 2.24. The van der Waals surface area contributed by atoms with Crippen molar-refractivity contribution in [1.82, 2.24) is 9.78 Å². The van der Waals surface area contributed by atoms with Crippen LogP contribution >= 0.6 is 0 Å². The molecular weight excluding hydrogens is 190 g/mol. The van der Waals surface area contributed by atoms with Crippen LogP contribution in [0.15, 0.2) is 36.5 Å². The van der Waals surface area contributed by atoms with Crippen molar-refractivity contribution < 1.29 is 4.74 Å². The van der Waals surface area contributed by atoms with Crippen LogP contribution in [0.2, 0.25) is 0 Å². The molecule has 0 aliphatic carbocycles. The van der Waals surface area contributed by atoms with Crippen LogP contribution in [0.25, 0.3) is 5.69 Å². The van der Waals surface area contributed by atoms with Crippen LogP contribution in [0, 0.1) is 0 Å². The number of para-hydroxylation sites is 2. The minimum absolute atomic E-state index is 0.803. The molecule has 0 saturated heterocycles. The van der Waals surface area contributed by atoms with Gasteiger partial charge >= 0.3 is 0 Å². The zero-order chi connectivity index (χ0) is 10.7. The summed E-state index contributed by atoms with van der Waals surface area (Å²) in [6.07, 6.45) is 1.75. The Kier molecular flexibility index (Phi) is 2.58. The molecule has 0 spiro atoms. The Hall–Kier alpha value is -1.97. The standard InChI is InChI=1S/C11H13N3O/c1-12-11-7-8-13-14(11)9-5-3-4-6-10(9)15-2/h3-8,12H,1-2H3. The first-order valence-electron chi connectivity index (χ1n) is 4.72. The fourth-order valence-corrected chi connectivity index (χ4v) is 1.49. The molecule has 0 atom stereocenters. The maximum absolute atomic E-state index is 5.28. The molecule has 4 nitrogen and oxygen atoms in total. The number of aromatic nitrogens is 2. The van der Waals surface area contributed by atoms with Crippen molar-refractivity contribution in [3.8, 4) is 11.4 Å². The van der Waals surface area contributed by atoms with Gasteiger partial charge in [0.15, 0.2) is 0 Å². The van der Waals surface area contributed by atoms with E-state index < -0.39 is 0 Å². The normalized spacial score (nSPS) is 10.0. The topological polar surface area (TPSA) is 39.1 Å². The summed E-state index contributed by atoms with van der Waals surface area (Å²) in [5.74, 6) is 1.73. The lowest BCUT2D eigenvalue weighted by atomic mass is 10.3. The number of hydrogen-bond donors (Lipinski definition) is 1. The van der Waals surface area contributed by atoms with Crippen molar-refractivity contribution >= 4 is 5.82 Å². The summed E-state index contributed by atoms with van der Waals surface area (Å²) < 4.78 is 7.08. The molecule has 0 aliphatic rings. The molecule has 2 aromatic rings. The van der Waals surface area contributed by atoms with E-state index >= 15 is 0 Å². The van der Waals surface area contributed by atoms with Crippen LogP contribution < -0.4 is 10.1 Å². The van der Waals surface area contributed by atoms with Crippen molar-refractivity contribution in [2.24, 2.45) is 0 Å². The molecule has 0 fully saturated rings. The Morgan fingerprint density at radius 2 is 2.07 bits per heavy atom. The van der Waals surface area contributed by atoms with Crippen molar-refractivity contribution in [3.63, 3.8) is 0 Å². The zero-order valence-electron chi connectivity index (χ0n) is 8.77. The first-order chi connectivity index (χ1) is 7.36. The van der Waals surface area contributed by atoms with Crippen LogP contribution in [-0.2, 0) is 0 Å². The first kappa shape index (κ1) is 9.58. The van der Waals surface area contributed by atoms with Gasteiger partial charge in [-0.1, -0.05) is 12.1 Å². The van der Waals surface area contributed by atoms with Crippen LogP contribution in [0.1, 0.15) is 0 Å². The summed E-state index contributed by atoms with van der Waals surface area (Å²) in [7, 11) is 3.52. The van der Waals surface area contributed by atoms with E-state index in [9.17, 15) is 0 Å². The van der Waals surface area contributed by atoms with Gasteiger partial charge in [-0.3, -0.25) is 0 Å². The summed E-state index contributed by atoms with van der Waals surface area (Å²) >= 11 is 0. The highest BCUT2D eigenvalue weighted by molar-refractivity contribution is 5.51. The predicted molar refractivity (Wildman–Crippen MR) is 59.7 cm³/mol. The smallest absolute Gasteiger partial charge is 0.144 e. The molecule has 0 unspecified atom stereocenters. The van der Waals surface area contributed by atoms with Crippen LogP contribution in [0.4, 0.5) is 5.82 Å². The number of ether oxygens (including phenoxy) is 1. The highest BCUT2D eigenvalue weighted by atomic mass is 16.5. The van der Waals surface area contributed by atoms with E-state index in [0.717, 1.165) is 17.3 Å². The quantitative estimate of drug-likeness (QED) is 0.828. The molecule has 0 saturated carbocycles. The molecule has 1 heterocycles. The second kappa shape index (κ2) is 4.04. The summed E-state index contributed by atoms with van der Waals surface area (Å²) in [5.41, 5.74) is 0.925. The van der Waals surface area contributed by atoms with Gasteiger partial charge in [0.05, 0.1) is 13.3 Å². The Morgan fingerprint density at radius 1 is 1.27 bits per heavy atom. The van der Waals surface area contributed by atoms with Gasteiger partial charge in [0.1, 0.15) is 17.3 Å². The van der Waals surface area contributed by atoms with Gasteiger partial charge in [0, 0.05) is 13.1 Å². The molecule has 1 aromatic carbocycles. The third-order valence-corrected chi connectivity index (χ3v) is 2.21. The molecule has 0 radical (unpaired) electrons. The number of nitrogens with zero attached hydrogens (tertiary/aromatic N) is 2. The second-order valence-electron chi connectivity index (χ2n) is 3.05. The Bertz CT molecular complexity index is 451. The molecule has 1 aromatic heterocycles. The Labute approximate surface area is 88.5 Å². The fraction of sp³-hybridized carbons (Fsp3) is 0.182. The second-order valence-corrected chi connectivity index (χ2v) is 3.05. The van der Waals surface area contributed by atoms with E-state index in [1.807, 2.05) is 37.4 Å². The van der Waals surface area contributed by atoms with E-state index in [-0.39, 0.29) is 0 Å². The lowest BCUT2D eigenvalue weighted by Crippen LogP contribution is -2.03. The maximum Gasteiger partial charge on any atom is 0.144 e. The van der Waals surface area contributed by atoms with Crippen molar-refractivity contribution in [2.75, 3.05) is 19.5 Å². The molecule has 0 bridgehead atoms. The SMILES string of the molecule is CNc1ccnn1-c1ccccc1OC. The van der Waals surface area contributed by atoms with Gasteiger partial charge in [0.25, 0.3) is 0 Å². The van der Waals surface area contributed by atoms with E-state index in [0.29, 0.717) is 0 Å². The maximum atomic E-state index is 5.28. The van der Waals surface area contributed by atoms with Gasteiger partial charge < -0.3 is 10.1 Å². The van der Waals surface area contributed by atoms with Crippen molar-refractivity contribution in [3.05, 3.63) is 36.5 Å². The number of anilines is 1. The van der Waals surface area contributed by atoms with Crippen molar-refractivity contribution in [1.29, 1.82) is 0 Å². The number of hydrogen-bond acceptors (Lipinski definition) is 3. The number of benzene rings is 1. The van der Waals surface area contributed by atoms with Crippen LogP contribution in [0.5, 0.6) is 5.75 Å². The van der Waals surface area contributed by atoms with E-state index in [1.165, 1.54) is 0 Å². The first-order valence-corrected chi connectivity index (χ1v) is 4.72. The minimum atomic E-state index is 0.803. The number of rotatable bonds is 3. The molecule has 4 heteroatoms. The van der Waals surface area contributed by atoms with Gasteiger partial charge in [-0.05, 0) is 12.1 Å². The largest absolute Gasteiger partial charge is 0.494 e. The number of nitrogens with one attached hydrogen (secondary N) is 1. The number of methoxy groups -OCH3 is 1. The molecule has 15 heavy (non-hydrogen) atoms. The Morgan fingerprint density at radius 3 is 2.80 bits per heavy atom. The van der Waals surface area contributed by atoms with E-state index in [4.69, 9.17) is 4.74 Å².